The van der Waals surface area contributed by atoms with Crippen LogP contribution in [0.25, 0.3) is 11.1 Å². The van der Waals surface area contributed by atoms with Crippen LogP contribution in [0.4, 0.5) is 18.9 Å². The van der Waals surface area contributed by atoms with Crippen LogP contribution in [0, 0.1) is 0 Å². The summed E-state index contributed by atoms with van der Waals surface area (Å²) in [6.45, 7) is 10.2. The van der Waals surface area contributed by atoms with Crippen molar-refractivity contribution in [2.24, 2.45) is 0 Å². The minimum Gasteiger partial charge on any atom is -0.490 e. The SMILES string of the molecule is CCC(CC)Oc1ccc(N(Cc2ccc(C(C)(C)C)cc2)C(=O)C(=O)O)cc1-c1ccc(OC(F)(F)F)cc1. The lowest BCUT2D eigenvalue weighted by Gasteiger charge is -2.25. The van der Waals surface area contributed by atoms with Gasteiger partial charge in [0.15, 0.2) is 0 Å². The van der Waals surface area contributed by atoms with Gasteiger partial charge in [-0.1, -0.05) is 71.0 Å². The number of anilines is 1. The van der Waals surface area contributed by atoms with Gasteiger partial charge in [0.05, 0.1) is 12.6 Å². The van der Waals surface area contributed by atoms with Crippen LogP contribution >= 0.6 is 0 Å². The summed E-state index contributed by atoms with van der Waals surface area (Å²) in [5.41, 5.74) is 3.05. The number of carboxylic acids is 1. The Kier molecular flexibility index (Phi) is 9.50. The third-order valence-electron chi connectivity index (χ3n) is 6.47. The number of carbonyl (C=O) groups excluding carboxylic acids is 1. The van der Waals surface area contributed by atoms with Crippen molar-refractivity contribution in [1.29, 1.82) is 0 Å². The molecular formula is C31H34F3NO5. The average Bonchev–Trinajstić information content (AvgIpc) is 2.89. The maximum Gasteiger partial charge on any atom is 0.573 e. The van der Waals surface area contributed by atoms with Gasteiger partial charge in [-0.25, -0.2) is 4.79 Å². The molecule has 40 heavy (non-hydrogen) atoms. The van der Waals surface area contributed by atoms with E-state index < -0.39 is 18.2 Å². The van der Waals surface area contributed by atoms with E-state index in [1.54, 1.807) is 18.2 Å². The molecule has 3 aromatic carbocycles. The zero-order chi connectivity index (χ0) is 29.7. The van der Waals surface area contributed by atoms with Crippen LogP contribution in [-0.4, -0.2) is 29.4 Å². The molecule has 6 nitrogen and oxygen atoms in total. The van der Waals surface area contributed by atoms with Gasteiger partial charge in [-0.3, -0.25) is 9.69 Å². The zero-order valence-corrected chi connectivity index (χ0v) is 23.2. The van der Waals surface area contributed by atoms with Crippen molar-refractivity contribution in [3.63, 3.8) is 0 Å². The number of benzene rings is 3. The van der Waals surface area contributed by atoms with Gasteiger partial charge >= 0.3 is 18.2 Å². The number of halogens is 3. The van der Waals surface area contributed by atoms with E-state index >= 15 is 0 Å². The van der Waals surface area contributed by atoms with Crippen LogP contribution in [-0.2, 0) is 21.5 Å². The Balaban J connectivity index is 2.06. The smallest absolute Gasteiger partial charge is 0.490 e. The van der Waals surface area contributed by atoms with E-state index in [4.69, 9.17) is 4.74 Å². The molecular weight excluding hydrogens is 523 g/mol. The van der Waals surface area contributed by atoms with Gasteiger partial charge in [-0.05, 0) is 65.3 Å². The molecule has 3 rings (SSSR count). The zero-order valence-electron chi connectivity index (χ0n) is 23.2. The van der Waals surface area contributed by atoms with E-state index in [1.807, 2.05) is 38.1 Å². The van der Waals surface area contributed by atoms with Crippen LogP contribution in [0.2, 0.25) is 0 Å². The third kappa shape index (κ3) is 8.00. The van der Waals surface area contributed by atoms with Gasteiger partial charge in [0.2, 0.25) is 0 Å². The molecule has 0 aliphatic carbocycles. The summed E-state index contributed by atoms with van der Waals surface area (Å²) in [6, 6.07) is 17.7. The molecule has 0 radical (unpaired) electrons. The number of ether oxygens (including phenoxy) is 2. The number of carbonyl (C=O) groups is 2. The summed E-state index contributed by atoms with van der Waals surface area (Å²) in [6.07, 6.45) is -3.49. The Morgan fingerprint density at radius 2 is 1.50 bits per heavy atom. The van der Waals surface area contributed by atoms with Crippen LogP contribution in [0.3, 0.4) is 0 Å². The number of hydrogen-bond acceptors (Lipinski definition) is 4. The number of carboxylic acid groups (broad SMARTS) is 1. The van der Waals surface area contributed by atoms with Gasteiger partial charge < -0.3 is 14.6 Å². The molecule has 0 aliphatic rings. The summed E-state index contributed by atoms with van der Waals surface area (Å²) in [5, 5.41) is 9.57. The van der Waals surface area contributed by atoms with E-state index in [1.165, 1.54) is 24.3 Å². The maximum atomic E-state index is 12.8. The van der Waals surface area contributed by atoms with Crippen molar-refractivity contribution in [1.82, 2.24) is 0 Å². The van der Waals surface area contributed by atoms with Crippen molar-refractivity contribution >= 4 is 17.6 Å². The van der Waals surface area contributed by atoms with E-state index in [0.717, 1.165) is 28.9 Å². The molecule has 0 aromatic heterocycles. The van der Waals surface area contributed by atoms with Crippen molar-refractivity contribution in [2.75, 3.05) is 4.90 Å². The maximum absolute atomic E-state index is 12.8. The number of amides is 1. The summed E-state index contributed by atoms with van der Waals surface area (Å²) >= 11 is 0. The fourth-order valence-corrected chi connectivity index (χ4v) is 4.17. The fraction of sp³-hybridized carbons (Fsp3) is 0.355. The predicted molar refractivity (Wildman–Crippen MR) is 148 cm³/mol. The molecule has 9 heteroatoms. The monoisotopic (exact) mass is 557 g/mol. The molecule has 0 spiro atoms. The second kappa shape index (κ2) is 12.4. The Hall–Kier alpha value is -4.01. The number of hydrogen-bond donors (Lipinski definition) is 1. The van der Waals surface area contributed by atoms with Gasteiger partial charge in [-0.15, -0.1) is 13.2 Å². The average molecular weight is 558 g/mol. The molecule has 0 heterocycles. The first-order chi connectivity index (χ1) is 18.7. The topological polar surface area (TPSA) is 76.1 Å². The van der Waals surface area contributed by atoms with E-state index in [-0.39, 0.29) is 23.8 Å². The number of rotatable bonds is 9. The third-order valence-corrected chi connectivity index (χ3v) is 6.47. The first-order valence-corrected chi connectivity index (χ1v) is 13.0. The lowest BCUT2D eigenvalue weighted by Crippen LogP contribution is -2.36. The van der Waals surface area contributed by atoms with E-state index in [2.05, 4.69) is 25.5 Å². The van der Waals surface area contributed by atoms with Gasteiger partial charge in [0.1, 0.15) is 11.5 Å². The van der Waals surface area contributed by atoms with Gasteiger partial charge in [-0.2, -0.15) is 0 Å². The lowest BCUT2D eigenvalue weighted by atomic mass is 9.87. The predicted octanol–water partition coefficient (Wildman–Crippen LogP) is 7.73. The van der Waals surface area contributed by atoms with Crippen LogP contribution < -0.4 is 14.4 Å². The number of aliphatic carboxylic acids is 1. The van der Waals surface area contributed by atoms with E-state index in [9.17, 15) is 27.9 Å². The largest absolute Gasteiger partial charge is 0.573 e. The second-order valence-corrected chi connectivity index (χ2v) is 10.5. The molecule has 0 unspecified atom stereocenters. The summed E-state index contributed by atoms with van der Waals surface area (Å²) in [5.74, 6) is -2.65. The summed E-state index contributed by atoms with van der Waals surface area (Å²) in [7, 11) is 0. The minimum absolute atomic E-state index is 0.000105. The highest BCUT2D eigenvalue weighted by molar-refractivity contribution is 6.37. The molecule has 0 saturated carbocycles. The highest BCUT2D eigenvalue weighted by Gasteiger charge is 2.31. The van der Waals surface area contributed by atoms with Crippen molar-refractivity contribution in [3.05, 3.63) is 77.9 Å². The van der Waals surface area contributed by atoms with Crippen molar-refractivity contribution in [2.45, 2.75) is 71.9 Å². The normalized spacial score (nSPS) is 11.8. The quantitative estimate of drug-likeness (QED) is 0.273. The second-order valence-electron chi connectivity index (χ2n) is 10.5. The van der Waals surface area contributed by atoms with E-state index in [0.29, 0.717) is 22.6 Å². The van der Waals surface area contributed by atoms with Crippen LogP contribution in [0.15, 0.2) is 66.7 Å². The highest BCUT2D eigenvalue weighted by atomic mass is 19.4. The molecule has 0 aliphatic heterocycles. The molecule has 0 saturated heterocycles. The molecule has 0 bridgehead atoms. The molecule has 3 aromatic rings. The first-order valence-electron chi connectivity index (χ1n) is 13.0. The Labute approximate surface area is 232 Å². The molecule has 1 amide bonds. The Morgan fingerprint density at radius 1 is 0.900 bits per heavy atom. The van der Waals surface area contributed by atoms with Crippen molar-refractivity contribution in [3.8, 4) is 22.6 Å². The van der Waals surface area contributed by atoms with Gasteiger partial charge in [0, 0.05) is 11.3 Å². The Morgan fingerprint density at radius 3 is 2.00 bits per heavy atom. The standard InChI is InChI=1S/C31H34F3NO5/c1-6-24(7-2)39-27-17-14-23(18-26(27)21-10-15-25(16-11-21)40-31(32,33)34)35(28(36)29(37)38)19-20-8-12-22(13-9-20)30(3,4)5/h8-18,24H,6-7,19H2,1-5H3,(H,37,38). The molecule has 214 valence electrons. The molecule has 0 atom stereocenters. The summed E-state index contributed by atoms with van der Waals surface area (Å²) < 4.78 is 48.2. The summed E-state index contributed by atoms with van der Waals surface area (Å²) in [4.78, 5) is 25.7. The minimum atomic E-state index is -4.83. The Bertz CT molecular complexity index is 1310. The first kappa shape index (κ1) is 30.5. The number of alkyl halides is 3. The van der Waals surface area contributed by atoms with Crippen LogP contribution in [0.1, 0.15) is 58.6 Å². The molecule has 0 fully saturated rings. The highest BCUT2D eigenvalue weighted by Crippen LogP contribution is 2.37. The van der Waals surface area contributed by atoms with Crippen molar-refractivity contribution < 1.29 is 37.3 Å². The van der Waals surface area contributed by atoms with Gasteiger partial charge in [0.25, 0.3) is 0 Å². The fourth-order valence-electron chi connectivity index (χ4n) is 4.17. The number of nitrogens with zero attached hydrogens (tertiary/aromatic N) is 1. The lowest BCUT2D eigenvalue weighted by molar-refractivity contribution is -0.274. The van der Waals surface area contributed by atoms with Crippen LogP contribution in [0.5, 0.6) is 11.5 Å². The molecule has 1 N–H and O–H groups in total.